The van der Waals surface area contributed by atoms with Crippen LogP contribution in [0.25, 0.3) is 0 Å². The standard InChI is InChI=1S/C9H13N2O8P/c1-3-2-11(9(15)10-6(3)14)7-4(12)5(13)8(19-7)20(16,17)18/h2,4-5,7-8,12-13H,1H3,(H,10,14,15)(H2,16,17,18)/t4-,5+,7-,8-/m1/s1. The second-order valence-electron chi connectivity index (χ2n) is 4.47. The molecule has 112 valence electrons. The van der Waals surface area contributed by atoms with E-state index < -0.39 is 43.1 Å². The molecule has 20 heavy (non-hydrogen) atoms. The fraction of sp³-hybridized carbons (Fsp3) is 0.556. The number of ether oxygens (including phenoxy) is 1. The maximum atomic E-state index is 11.6. The monoisotopic (exact) mass is 308 g/mol. The molecule has 4 atom stereocenters. The van der Waals surface area contributed by atoms with E-state index in [1.807, 2.05) is 4.98 Å². The number of nitrogens with one attached hydrogen (secondary N) is 1. The van der Waals surface area contributed by atoms with Gasteiger partial charge in [0.05, 0.1) is 0 Å². The van der Waals surface area contributed by atoms with E-state index in [4.69, 9.17) is 14.5 Å². The Morgan fingerprint density at radius 3 is 2.40 bits per heavy atom. The molecule has 1 fully saturated rings. The summed E-state index contributed by atoms with van der Waals surface area (Å²) in [7, 11) is -4.82. The van der Waals surface area contributed by atoms with Crippen LogP contribution in [-0.4, -0.2) is 47.6 Å². The summed E-state index contributed by atoms with van der Waals surface area (Å²) in [5.74, 6) is -1.94. The van der Waals surface area contributed by atoms with E-state index in [2.05, 4.69) is 0 Å². The second-order valence-corrected chi connectivity index (χ2v) is 6.15. The van der Waals surface area contributed by atoms with Crippen molar-refractivity contribution in [2.75, 3.05) is 0 Å². The summed E-state index contributed by atoms with van der Waals surface area (Å²) in [4.78, 5) is 42.8. The van der Waals surface area contributed by atoms with Gasteiger partial charge in [0.1, 0.15) is 12.2 Å². The Hall–Kier alpha value is -1.29. The number of rotatable bonds is 2. The normalized spacial score (nSPS) is 30.6. The molecular formula is C9H13N2O8P. The molecule has 11 heteroatoms. The molecule has 1 aliphatic rings. The van der Waals surface area contributed by atoms with Gasteiger partial charge in [0.25, 0.3) is 5.56 Å². The van der Waals surface area contributed by atoms with Crippen LogP contribution < -0.4 is 11.2 Å². The number of aryl methyl sites for hydroxylation is 1. The number of aromatic amines is 1. The number of nitrogens with zero attached hydrogens (tertiary/aromatic N) is 1. The fourth-order valence-electron chi connectivity index (χ4n) is 1.92. The lowest BCUT2D eigenvalue weighted by atomic mass is 10.2. The number of aromatic nitrogens is 2. The largest absolute Gasteiger partial charge is 0.387 e. The van der Waals surface area contributed by atoms with Crippen LogP contribution >= 0.6 is 7.60 Å². The van der Waals surface area contributed by atoms with Gasteiger partial charge in [-0.3, -0.25) is 18.9 Å². The third kappa shape index (κ3) is 2.49. The molecule has 0 unspecified atom stereocenters. The average molecular weight is 308 g/mol. The Morgan fingerprint density at radius 1 is 1.30 bits per heavy atom. The minimum Gasteiger partial charge on any atom is -0.387 e. The van der Waals surface area contributed by atoms with Crippen LogP contribution in [-0.2, 0) is 9.30 Å². The highest BCUT2D eigenvalue weighted by Crippen LogP contribution is 2.49. The summed E-state index contributed by atoms with van der Waals surface area (Å²) in [5, 5.41) is 19.3. The van der Waals surface area contributed by atoms with Crippen molar-refractivity contribution in [2.24, 2.45) is 0 Å². The molecule has 0 bridgehead atoms. The highest BCUT2D eigenvalue weighted by atomic mass is 31.2. The van der Waals surface area contributed by atoms with Crippen molar-refractivity contribution in [3.05, 3.63) is 32.6 Å². The van der Waals surface area contributed by atoms with Crippen LogP contribution in [0.5, 0.6) is 0 Å². The van der Waals surface area contributed by atoms with Crippen molar-refractivity contribution in [3.63, 3.8) is 0 Å². The molecule has 0 spiro atoms. The molecular weight excluding hydrogens is 295 g/mol. The SMILES string of the molecule is Cc1cn([C@@H]2O[C@H](P(=O)(O)O)[C@@H](O)[C@H]2O)c(=O)[nH]c1=O. The van der Waals surface area contributed by atoms with Crippen LogP contribution in [0, 0.1) is 6.92 Å². The van der Waals surface area contributed by atoms with Crippen molar-refractivity contribution in [3.8, 4) is 0 Å². The van der Waals surface area contributed by atoms with Crippen molar-refractivity contribution >= 4 is 7.60 Å². The second kappa shape index (κ2) is 4.92. The Labute approximate surface area is 111 Å². The predicted molar refractivity (Wildman–Crippen MR) is 64.0 cm³/mol. The average Bonchev–Trinajstić information content (AvgIpc) is 2.61. The number of aliphatic hydroxyl groups excluding tert-OH is 2. The van der Waals surface area contributed by atoms with Crippen molar-refractivity contribution in [2.45, 2.75) is 31.2 Å². The van der Waals surface area contributed by atoms with Gasteiger partial charge in [0.15, 0.2) is 12.1 Å². The molecule has 0 amide bonds. The van der Waals surface area contributed by atoms with E-state index in [0.717, 1.165) is 10.8 Å². The first-order valence-electron chi connectivity index (χ1n) is 5.52. The third-order valence-corrected chi connectivity index (χ3v) is 4.05. The summed E-state index contributed by atoms with van der Waals surface area (Å²) < 4.78 is 16.8. The zero-order valence-corrected chi connectivity index (χ0v) is 11.1. The van der Waals surface area contributed by atoms with Crippen LogP contribution in [0.4, 0.5) is 0 Å². The molecule has 0 radical (unpaired) electrons. The van der Waals surface area contributed by atoms with E-state index in [-0.39, 0.29) is 5.56 Å². The summed E-state index contributed by atoms with van der Waals surface area (Å²) in [6.07, 6.45) is -4.02. The van der Waals surface area contributed by atoms with Gasteiger partial charge in [-0.05, 0) is 6.92 Å². The van der Waals surface area contributed by atoms with Crippen LogP contribution in [0.2, 0.25) is 0 Å². The summed E-state index contributed by atoms with van der Waals surface area (Å²) >= 11 is 0. The Kier molecular flexibility index (Phi) is 3.71. The molecule has 1 aliphatic heterocycles. The van der Waals surface area contributed by atoms with Gasteiger partial charge in [-0.2, -0.15) is 0 Å². The fourth-order valence-corrected chi connectivity index (χ4v) is 2.78. The molecule has 5 N–H and O–H groups in total. The van der Waals surface area contributed by atoms with Crippen LogP contribution in [0.15, 0.2) is 15.8 Å². The van der Waals surface area contributed by atoms with Crippen LogP contribution in [0.3, 0.4) is 0 Å². The van der Waals surface area contributed by atoms with Gasteiger partial charge >= 0.3 is 13.3 Å². The highest BCUT2D eigenvalue weighted by Gasteiger charge is 2.51. The van der Waals surface area contributed by atoms with Gasteiger partial charge < -0.3 is 24.7 Å². The molecule has 0 aliphatic carbocycles. The lowest BCUT2D eigenvalue weighted by Crippen LogP contribution is -2.38. The minimum atomic E-state index is -4.82. The van der Waals surface area contributed by atoms with E-state index in [9.17, 15) is 24.4 Å². The van der Waals surface area contributed by atoms with Crippen molar-refractivity contribution in [1.82, 2.24) is 9.55 Å². The molecule has 0 aromatic carbocycles. The molecule has 2 rings (SSSR count). The molecule has 10 nitrogen and oxygen atoms in total. The van der Waals surface area contributed by atoms with Gasteiger partial charge in [0, 0.05) is 11.8 Å². The summed E-state index contributed by atoms with van der Waals surface area (Å²) in [6.45, 7) is 1.40. The van der Waals surface area contributed by atoms with Crippen molar-refractivity contribution in [1.29, 1.82) is 0 Å². The molecule has 0 saturated carbocycles. The molecule has 2 heterocycles. The van der Waals surface area contributed by atoms with Gasteiger partial charge in [-0.25, -0.2) is 4.79 Å². The maximum absolute atomic E-state index is 11.6. The zero-order chi connectivity index (χ0) is 15.2. The number of hydrogen-bond acceptors (Lipinski definition) is 6. The number of aliphatic hydroxyl groups is 2. The first kappa shape index (κ1) is 15.1. The van der Waals surface area contributed by atoms with Crippen LogP contribution in [0.1, 0.15) is 11.8 Å². The number of hydrogen-bond donors (Lipinski definition) is 5. The lowest BCUT2D eigenvalue weighted by molar-refractivity contribution is -0.0282. The topological polar surface area (TPSA) is 162 Å². The maximum Gasteiger partial charge on any atom is 0.356 e. The third-order valence-electron chi connectivity index (χ3n) is 2.96. The Balaban J connectivity index is 2.45. The van der Waals surface area contributed by atoms with E-state index in [1.165, 1.54) is 6.92 Å². The number of H-pyrrole nitrogens is 1. The Bertz CT molecular complexity index is 675. The molecule has 1 aromatic rings. The quantitative estimate of drug-likeness (QED) is 0.378. The first-order valence-corrected chi connectivity index (χ1v) is 7.20. The smallest absolute Gasteiger partial charge is 0.356 e. The molecule has 1 aromatic heterocycles. The van der Waals surface area contributed by atoms with Gasteiger partial charge in [-0.1, -0.05) is 0 Å². The minimum absolute atomic E-state index is 0.134. The van der Waals surface area contributed by atoms with E-state index in [0.29, 0.717) is 0 Å². The summed E-state index contributed by atoms with van der Waals surface area (Å²) in [5.41, 5.74) is -1.43. The lowest BCUT2D eigenvalue weighted by Gasteiger charge is -2.17. The van der Waals surface area contributed by atoms with E-state index >= 15 is 0 Å². The van der Waals surface area contributed by atoms with Crippen molar-refractivity contribution < 1.29 is 29.3 Å². The Morgan fingerprint density at radius 2 is 1.90 bits per heavy atom. The predicted octanol–water partition coefficient (Wildman–Crippen LogP) is -2.40. The van der Waals surface area contributed by atoms with Gasteiger partial charge in [0.2, 0.25) is 0 Å². The highest BCUT2D eigenvalue weighted by molar-refractivity contribution is 7.52. The molecule has 1 saturated heterocycles. The zero-order valence-electron chi connectivity index (χ0n) is 10.2. The van der Waals surface area contributed by atoms with Gasteiger partial charge in [-0.15, -0.1) is 0 Å². The van der Waals surface area contributed by atoms with E-state index in [1.54, 1.807) is 0 Å². The summed E-state index contributed by atoms with van der Waals surface area (Å²) in [6, 6.07) is 0. The first-order chi connectivity index (χ1) is 9.12.